The second-order valence-electron chi connectivity index (χ2n) is 4.25. The Morgan fingerprint density at radius 1 is 1.17 bits per heavy atom. The van der Waals surface area contributed by atoms with Crippen molar-refractivity contribution in [3.63, 3.8) is 0 Å². The number of benzene rings is 1. The van der Waals surface area contributed by atoms with E-state index in [2.05, 4.69) is 38.0 Å². The van der Waals surface area contributed by atoms with E-state index in [1.54, 1.807) is 0 Å². The van der Waals surface area contributed by atoms with Crippen molar-refractivity contribution < 1.29 is 5.11 Å². The molecule has 1 aromatic heterocycles. The van der Waals surface area contributed by atoms with Gasteiger partial charge >= 0.3 is 0 Å². The second kappa shape index (κ2) is 5.59. The minimum atomic E-state index is -0.00513. The first kappa shape index (κ1) is 13.2. The molecular formula is C14H15BrN2O. The number of aliphatic hydroxyl groups excluding tert-OH is 1. The molecule has 2 aromatic rings. The Balaban J connectivity index is 2.30. The lowest BCUT2D eigenvalue weighted by atomic mass is 10.1. The van der Waals surface area contributed by atoms with Crippen molar-refractivity contribution in [1.82, 2.24) is 9.97 Å². The summed E-state index contributed by atoms with van der Waals surface area (Å²) in [7, 11) is 0. The molecule has 0 radical (unpaired) electrons. The summed E-state index contributed by atoms with van der Waals surface area (Å²) in [6, 6.07) is 8.11. The summed E-state index contributed by atoms with van der Waals surface area (Å²) in [5.74, 6) is 0.792. The second-order valence-corrected chi connectivity index (χ2v) is 5.17. The molecule has 2 rings (SSSR count). The molecule has 1 N–H and O–H groups in total. The Kier molecular flexibility index (Phi) is 4.09. The monoisotopic (exact) mass is 306 g/mol. The number of hydrogen-bond acceptors (Lipinski definition) is 3. The Labute approximate surface area is 115 Å². The molecule has 0 amide bonds. The summed E-state index contributed by atoms with van der Waals surface area (Å²) in [5.41, 5.74) is 3.71. The van der Waals surface area contributed by atoms with Gasteiger partial charge in [-0.05, 0) is 31.5 Å². The average molecular weight is 307 g/mol. The van der Waals surface area contributed by atoms with Gasteiger partial charge in [-0.3, -0.25) is 0 Å². The highest BCUT2D eigenvalue weighted by Crippen LogP contribution is 2.16. The molecule has 94 valence electrons. The molecule has 18 heavy (non-hydrogen) atoms. The van der Waals surface area contributed by atoms with Gasteiger partial charge in [-0.2, -0.15) is 0 Å². The van der Waals surface area contributed by atoms with Crippen LogP contribution < -0.4 is 0 Å². The van der Waals surface area contributed by atoms with E-state index >= 15 is 0 Å². The van der Waals surface area contributed by atoms with E-state index in [0.717, 1.165) is 27.2 Å². The summed E-state index contributed by atoms with van der Waals surface area (Å²) in [4.78, 5) is 8.89. The molecule has 0 saturated heterocycles. The van der Waals surface area contributed by atoms with E-state index in [9.17, 15) is 5.11 Å². The predicted molar refractivity (Wildman–Crippen MR) is 74.4 cm³/mol. The van der Waals surface area contributed by atoms with Gasteiger partial charge in [0.1, 0.15) is 5.82 Å². The van der Waals surface area contributed by atoms with Crippen molar-refractivity contribution in [3.05, 3.63) is 57.1 Å². The van der Waals surface area contributed by atoms with Gasteiger partial charge in [0.15, 0.2) is 0 Å². The molecule has 0 spiro atoms. The van der Waals surface area contributed by atoms with Gasteiger partial charge < -0.3 is 5.11 Å². The molecule has 0 unspecified atom stereocenters. The summed E-state index contributed by atoms with van der Waals surface area (Å²) in [6.45, 7) is 3.81. The normalized spacial score (nSPS) is 10.7. The molecule has 0 aliphatic heterocycles. The van der Waals surface area contributed by atoms with Crippen LogP contribution in [0, 0.1) is 13.8 Å². The lowest BCUT2D eigenvalue weighted by Crippen LogP contribution is -2.05. The highest BCUT2D eigenvalue weighted by Gasteiger charge is 2.08. The molecule has 0 aliphatic carbocycles. The molecule has 0 bridgehead atoms. The third kappa shape index (κ3) is 2.94. The van der Waals surface area contributed by atoms with Crippen LogP contribution in [-0.2, 0) is 13.0 Å². The summed E-state index contributed by atoms with van der Waals surface area (Å²) < 4.78 is 1.06. The van der Waals surface area contributed by atoms with Crippen LogP contribution in [0.5, 0.6) is 0 Å². The van der Waals surface area contributed by atoms with E-state index in [4.69, 9.17) is 0 Å². The number of aliphatic hydroxyl groups is 1. The zero-order valence-electron chi connectivity index (χ0n) is 10.4. The Bertz CT molecular complexity index is 546. The van der Waals surface area contributed by atoms with Gasteiger partial charge in [-0.25, -0.2) is 9.97 Å². The van der Waals surface area contributed by atoms with Crippen LogP contribution in [0.2, 0.25) is 0 Å². The third-order valence-electron chi connectivity index (χ3n) is 2.88. The highest BCUT2D eigenvalue weighted by atomic mass is 79.9. The van der Waals surface area contributed by atoms with Crippen LogP contribution in [0.4, 0.5) is 0 Å². The van der Waals surface area contributed by atoms with Crippen molar-refractivity contribution >= 4 is 15.9 Å². The van der Waals surface area contributed by atoms with E-state index in [-0.39, 0.29) is 6.61 Å². The number of halogens is 1. The largest absolute Gasteiger partial charge is 0.392 e. The van der Waals surface area contributed by atoms with E-state index in [0.29, 0.717) is 6.42 Å². The zero-order valence-corrected chi connectivity index (χ0v) is 12.0. The van der Waals surface area contributed by atoms with E-state index in [1.807, 2.05) is 26.0 Å². The Hall–Kier alpha value is -1.26. The first-order valence-corrected chi connectivity index (χ1v) is 6.57. The fourth-order valence-corrected chi connectivity index (χ4v) is 2.39. The molecular weight excluding hydrogens is 292 g/mol. The fraction of sp³-hybridized carbons (Fsp3) is 0.286. The van der Waals surface area contributed by atoms with Crippen molar-refractivity contribution in [2.45, 2.75) is 26.9 Å². The van der Waals surface area contributed by atoms with Crippen LogP contribution >= 0.6 is 15.9 Å². The minimum absolute atomic E-state index is 0.00513. The van der Waals surface area contributed by atoms with Gasteiger partial charge in [0.05, 0.1) is 6.61 Å². The highest BCUT2D eigenvalue weighted by molar-refractivity contribution is 9.10. The summed E-state index contributed by atoms with van der Waals surface area (Å²) in [6.07, 6.45) is 0.701. The quantitative estimate of drug-likeness (QED) is 0.948. The van der Waals surface area contributed by atoms with Gasteiger partial charge in [0.25, 0.3) is 0 Å². The average Bonchev–Trinajstić information content (AvgIpc) is 2.28. The third-order valence-corrected chi connectivity index (χ3v) is 3.37. The fourth-order valence-electron chi connectivity index (χ4n) is 1.95. The van der Waals surface area contributed by atoms with Crippen LogP contribution in [-0.4, -0.2) is 15.1 Å². The van der Waals surface area contributed by atoms with Gasteiger partial charge in [0.2, 0.25) is 0 Å². The number of rotatable bonds is 3. The molecule has 0 saturated carbocycles. The molecule has 1 heterocycles. The molecule has 3 nitrogen and oxygen atoms in total. The molecule has 0 atom stereocenters. The number of hydrogen-bond donors (Lipinski definition) is 1. The van der Waals surface area contributed by atoms with Crippen molar-refractivity contribution in [2.75, 3.05) is 0 Å². The van der Waals surface area contributed by atoms with Gasteiger partial charge in [-0.15, -0.1) is 0 Å². The lowest BCUT2D eigenvalue weighted by Gasteiger charge is -2.08. The van der Waals surface area contributed by atoms with Gasteiger partial charge in [0, 0.05) is 27.8 Å². The zero-order chi connectivity index (χ0) is 13.1. The SMILES string of the molecule is Cc1nc(Cc2cccc(Br)c2)nc(C)c1CO. The summed E-state index contributed by atoms with van der Waals surface area (Å²) >= 11 is 3.45. The standard InChI is InChI=1S/C14H15BrN2O/c1-9-13(8-18)10(2)17-14(16-9)7-11-4-3-5-12(15)6-11/h3-6,18H,7-8H2,1-2H3. The number of nitrogens with zero attached hydrogens (tertiary/aromatic N) is 2. The Morgan fingerprint density at radius 2 is 1.83 bits per heavy atom. The molecule has 0 aliphatic rings. The maximum Gasteiger partial charge on any atom is 0.133 e. The van der Waals surface area contributed by atoms with Crippen molar-refractivity contribution in [2.24, 2.45) is 0 Å². The van der Waals surface area contributed by atoms with Crippen LogP contribution in [0.15, 0.2) is 28.7 Å². The molecule has 0 fully saturated rings. The lowest BCUT2D eigenvalue weighted by molar-refractivity contribution is 0.279. The summed E-state index contributed by atoms with van der Waals surface area (Å²) in [5, 5.41) is 9.23. The number of aryl methyl sites for hydroxylation is 2. The van der Waals surface area contributed by atoms with E-state index < -0.39 is 0 Å². The topological polar surface area (TPSA) is 46.0 Å². The van der Waals surface area contributed by atoms with E-state index in [1.165, 1.54) is 5.56 Å². The molecule has 4 heteroatoms. The first-order chi connectivity index (χ1) is 8.60. The predicted octanol–water partition coefficient (Wildman–Crippen LogP) is 2.94. The minimum Gasteiger partial charge on any atom is -0.392 e. The maximum absolute atomic E-state index is 9.23. The van der Waals surface area contributed by atoms with Gasteiger partial charge in [-0.1, -0.05) is 28.1 Å². The Morgan fingerprint density at radius 3 is 2.39 bits per heavy atom. The molecule has 1 aromatic carbocycles. The van der Waals surface area contributed by atoms with Crippen LogP contribution in [0.25, 0.3) is 0 Å². The maximum atomic E-state index is 9.23. The van der Waals surface area contributed by atoms with Crippen molar-refractivity contribution in [1.29, 1.82) is 0 Å². The van der Waals surface area contributed by atoms with Crippen LogP contribution in [0.3, 0.4) is 0 Å². The first-order valence-electron chi connectivity index (χ1n) is 5.78. The van der Waals surface area contributed by atoms with Crippen LogP contribution in [0.1, 0.15) is 28.3 Å². The number of aromatic nitrogens is 2. The smallest absolute Gasteiger partial charge is 0.133 e. The van der Waals surface area contributed by atoms with Crippen molar-refractivity contribution in [3.8, 4) is 0 Å².